The van der Waals surface area contributed by atoms with Crippen LogP contribution < -0.4 is 15.4 Å². The number of aromatic nitrogens is 2. The van der Waals surface area contributed by atoms with Crippen LogP contribution in [0.3, 0.4) is 0 Å². The molecule has 0 radical (unpaired) electrons. The molecule has 8 nitrogen and oxygen atoms in total. The molecule has 1 aromatic carbocycles. The first-order valence-electron chi connectivity index (χ1n) is 10.2. The van der Waals surface area contributed by atoms with Crippen molar-refractivity contribution in [2.45, 2.75) is 59.5 Å². The molecule has 0 aliphatic heterocycles. The highest BCUT2D eigenvalue weighted by atomic mass is 127. The molecule has 174 valence electrons. The second kappa shape index (κ2) is 12.4. The molecule has 2 rings (SSSR count). The van der Waals surface area contributed by atoms with E-state index in [0.717, 1.165) is 34.6 Å². The lowest BCUT2D eigenvalue weighted by atomic mass is 10.1. The lowest BCUT2D eigenvalue weighted by Gasteiger charge is -2.14. The fourth-order valence-corrected chi connectivity index (χ4v) is 4.70. The van der Waals surface area contributed by atoms with Gasteiger partial charge in [0.15, 0.2) is 5.96 Å². The summed E-state index contributed by atoms with van der Waals surface area (Å²) < 4.78 is 29.2. The van der Waals surface area contributed by atoms with Crippen LogP contribution in [0, 0.1) is 13.8 Å². The molecule has 31 heavy (non-hydrogen) atoms. The molecular formula is C21H35IN6O2S. The molecule has 0 aliphatic rings. The van der Waals surface area contributed by atoms with Gasteiger partial charge in [0.05, 0.1) is 18.0 Å². The van der Waals surface area contributed by atoms with Gasteiger partial charge in [-0.25, -0.2) is 18.1 Å². The second-order valence-corrected chi connectivity index (χ2v) is 9.38. The number of halogens is 1. The Morgan fingerprint density at radius 3 is 2.35 bits per heavy atom. The summed E-state index contributed by atoms with van der Waals surface area (Å²) in [5, 5.41) is 11.0. The summed E-state index contributed by atoms with van der Waals surface area (Å²) in [6.07, 6.45) is 0. The van der Waals surface area contributed by atoms with Gasteiger partial charge >= 0.3 is 0 Å². The highest BCUT2D eigenvalue weighted by Crippen LogP contribution is 2.14. The first kappa shape index (κ1) is 27.4. The van der Waals surface area contributed by atoms with Crippen molar-refractivity contribution >= 4 is 40.0 Å². The molecule has 0 atom stereocenters. The Morgan fingerprint density at radius 2 is 1.81 bits per heavy atom. The lowest BCUT2D eigenvalue weighted by molar-refractivity contribution is 0.569. The van der Waals surface area contributed by atoms with Gasteiger partial charge in [-0.2, -0.15) is 5.10 Å². The van der Waals surface area contributed by atoms with Crippen LogP contribution in [0.2, 0.25) is 0 Å². The van der Waals surface area contributed by atoms with E-state index in [1.165, 1.54) is 0 Å². The summed E-state index contributed by atoms with van der Waals surface area (Å²) in [5.74, 6) is 0.618. The van der Waals surface area contributed by atoms with Gasteiger partial charge in [0.25, 0.3) is 0 Å². The number of aliphatic imine (C=N–C) groups is 1. The van der Waals surface area contributed by atoms with Crippen molar-refractivity contribution in [3.05, 3.63) is 52.3 Å². The molecule has 0 amide bonds. The second-order valence-electron chi connectivity index (χ2n) is 7.62. The van der Waals surface area contributed by atoms with E-state index in [-0.39, 0.29) is 35.8 Å². The standard InChI is InChI=1S/C21H34N6O2S.HI/c1-7-22-21(24-13-20-16(4)25-27(6)17(20)5)23-12-18-10-8-9-11-19(18)14-30(28,29)26-15(2)3;/h8-11,15,26H,7,12-14H2,1-6H3,(H2,22,23,24);1H. The first-order valence-corrected chi connectivity index (χ1v) is 11.9. The maximum absolute atomic E-state index is 12.3. The predicted molar refractivity (Wildman–Crippen MR) is 137 cm³/mol. The fraction of sp³-hybridized carbons (Fsp3) is 0.524. The van der Waals surface area contributed by atoms with Crippen molar-refractivity contribution in [1.82, 2.24) is 25.1 Å². The fourth-order valence-electron chi connectivity index (χ4n) is 3.21. The van der Waals surface area contributed by atoms with E-state index in [2.05, 4.69) is 25.4 Å². The Balaban J connectivity index is 0.00000480. The minimum Gasteiger partial charge on any atom is -0.357 e. The normalized spacial score (nSPS) is 12.0. The van der Waals surface area contributed by atoms with E-state index in [1.807, 2.05) is 70.6 Å². The Labute approximate surface area is 203 Å². The maximum atomic E-state index is 12.3. The molecule has 0 saturated carbocycles. The van der Waals surface area contributed by atoms with E-state index >= 15 is 0 Å². The summed E-state index contributed by atoms with van der Waals surface area (Å²) in [6, 6.07) is 7.38. The van der Waals surface area contributed by atoms with Gasteiger partial charge in [0.2, 0.25) is 10.0 Å². The molecule has 1 heterocycles. The van der Waals surface area contributed by atoms with Crippen LogP contribution in [0.5, 0.6) is 0 Å². The molecule has 1 aromatic heterocycles. The van der Waals surface area contributed by atoms with Gasteiger partial charge in [-0.15, -0.1) is 24.0 Å². The number of guanidine groups is 1. The Bertz CT molecular complexity index is 986. The van der Waals surface area contributed by atoms with E-state index in [1.54, 1.807) is 0 Å². The first-order chi connectivity index (χ1) is 14.1. The van der Waals surface area contributed by atoms with Crippen molar-refractivity contribution in [3.8, 4) is 0 Å². The zero-order chi connectivity index (χ0) is 22.3. The largest absolute Gasteiger partial charge is 0.357 e. The maximum Gasteiger partial charge on any atom is 0.216 e. The van der Waals surface area contributed by atoms with Gasteiger partial charge in [-0.1, -0.05) is 24.3 Å². The lowest BCUT2D eigenvalue weighted by Crippen LogP contribution is -2.37. The van der Waals surface area contributed by atoms with Crippen molar-refractivity contribution in [3.63, 3.8) is 0 Å². The number of hydrogen-bond acceptors (Lipinski definition) is 4. The number of hydrogen-bond donors (Lipinski definition) is 3. The number of benzene rings is 1. The minimum atomic E-state index is -3.40. The van der Waals surface area contributed by atoms with Crippen LogP contribution in [-0.2, 0) is 35.9 Å². The molecular weight excluding hydrogens is 527 g/mol. The van der Waals surface area contributed by atoms with E-state index in [4.69, 9.17) is 0 Å². The van der Waals surface area contributed by atoms with Crippen LogP contribution in [-0.4, -0.2) is 36.7 Å². The zero-order valence-corrected chi connectivity index (χ0v) is 22.3. The Morgan fingerprint density at radius 1 is 1.16 bits per heavy atom. The van der Waals surface area contributed by atoms with E-state index < -0.39 is 10.0 Å². The summed E-state index contributed by atoms with van der Waals surface area (Å²) in [6.45, 7) is 11.4. The quantitative estimate of drug-likeness (QED) is 0.248. The summed E-state index contributed by atoms with van der Waals surface area (Å²) in [4.78, 5) is 4.67. The van der Waals surface area contributed by atoms with Gasteiger partial charge in [0, 0.05) is 37.4 Å². The molecule has 0 fully saturated rings. The molecule has 0 saturated heterocycles. The number of sulfonamides is 1. The van der Waals surface area contributed by atoms with Gasteiger partial charge in [-0.3, -0.25) is 4.68 Å². The van der Waals surface area contributed by atoms with Crippen LogP contribution >= 0.6 is 24.0 Å². The number of aryl methyl sites for hydroxylation is 2. The van der Waals surface area contributed by atoms with Crippen molar-refractivity contribution < 1.29 is 8.42 Å². The van der Waals surface area contributed by atoms with Gasteiger partial charge < -0.3 is 10.6 Å². The molecule has 0 aliphatic carbocycles. The SMILES string of the molecule is CCNC(=NCc1ccccc1CS(=O)(=O)NC(C)C)NCc1c(C)nn(C)c1C.I. The predicted octanol–water partition coefficient (Wildman–Crippen LogP) is 2.74. The average molecular weight is 563 g/mol. The highest BCUT2D eigenvalue weighted by molar-refractivity contribution is 14.0. The molecule has 3 N–H and O–H groups in total. The Hall–Kier alpha value is -1.66. The Kier molecular flexibility index (Phi) is 10.9. The van der Waals surface area contributed by atoms with Crippen LogP contribution in [0.1, 0.15) is 48.8 Å². The van der Waals surface area contributed by atoms with Crippen molar-refractivity contribution in [1.29, 1.82) is 0 Å². The van der Waals surface area contributed by atoms with Crippen LogP contribution in [0.4, 0.5) is 0 Å². The summed E-state index contributed by atoms with van der Waals surface area (Å²) in [7, 11) is -1.46. The topological polar surface area (TPSA) is 100 Å². The van der Waals surface area contributed by atoms with E-state index in [9.17, 15) is 8.42 Å². The smallest absolute Gasteiger partial charge is 0.216 e. The van der Waals surface area contributed by atoms with Crippen LogP contribution in [0.15, 0.2) is 29.3 Å². The highest BCUT2D eigenvalue weighted by Gasteiger charge is 2.15. The van der Waals surface area contributed by atoms with E-state index in [0.29, 0.717) is 19.0 Å². The minimum absolute atomic E-state index is 0. The third-order valence-corrected chi connectivity index (χ3v) is 6.24. The molecule has 0 spiro atoms. The summed E-state index contributed by atoms with van der Waals surface area (Å²) >= 11 is 0. The molecule has 10 heteroatoms. The number of nitrogens with zero attached hydrogens (tertiary/aromatic N) is 3. The zero-order valence-electron chi connectivity index (χ0n) is 19.2. The molecule has 2 aromatic rings. The average Bonchev–Trinajstić information content (AvgIpc) is 2.89. The van der Waals surface area contributed by atoms with Crippen LogP contribution in [0.25, 0.3) is 0 Å². The molecule has 0 unspecified atom stereocenters. The van der Waals surface area contributed by atoms with Crippen molar-refractivity contribution in [2.75, 3.05) is 6.54 Å². The number of rotatable bonds is 9. The third-order valence-electron chi connectivity index (χ3n) is 4.72. The third kappa shape index (κ3) is 8.41. The van der Waals surface area contributed by atoms with Gasteiger partial charge in [0.1, 0.15) is 0 Å². The monoisotopic (exact) mass is 562 g/mol. The van der Waals surface area contributed by atoms with Crippen molar-refractivity contribution in [2.24, 2.45) is 12.0 Å². The number of nitrogens with one attached hydrogen (secondary N) is 3. The summed E-state index contributed by atoms with van der Waals surface area (Å²) in [5.41, 5.74) is 4.90. The van der Waals surface area contributed by atoms with Gasteiger partial charge in [-0.05, 0) is 45.7 Å². The molecule has 0 bridgehead atoms.